The van der Waals surface area contributed by atoms with Crippen molar-refractivity contribution in [2.24, 2.45) is 5.41 Å². The van der Waals surface area contributed by atoms with Crippen LogP contribution in [0.25, 0.3) is 0 Å². The molecule has 18 heavy (non-hydrogen) atoms. The molecular formula is C15H22O2S. The second-order valence-electron chi connectivity index (χ2n) is 6.28. The lowest BCUT2D eigenvalue weighted by molar-refractivity contribution is 0.298. The minimum atomic E-state index is -3.26. The smallest absolute Gasteiger partial charge is 0.184 e. The topological polar surface area (TPSA) is 34.1 Å². The Morgan fingerprint density at radius 3 is 2.00 bits per heavy atom. The van der Waals surface area contributed by atoms with E-state index < -0.39 is 14.6 Å². The van der Waals surface area contributed by atoms with Crippen LogP contribution < -0.4 is 0 Å². The predicted octanol–water partition coefficient (Wildman–Crippen LogP) is 3.74. The molecule has 1 saturated carbocycles. The van der Waals surface area contributed by atoms with E-state index in [4.69, 9.17) is 0 Å². The van der Waals surface area contributed by atoms with E-state index in [1.807, 2.05) is 26.0 Å². The lowest BCUT2D eigenvalue weighted by Gasteiger charge is -2.37. The van der Waals surface area contributed by atoms with Gasteiger partial charge in [-0.05, 0) is 44.2 Å². The normalized spacial score (nSPS) is 27.3. The van der Waals surface area contributed by atoms with Crippen LogP contribution in [0.5, 0.6) is 0 Å². The van der Waals surface area contributed by atoms with Gasteiger partial charge in [-0.2, -0.15) is 0 Å². The third kappa shape index (κ3) is 1.80. The molecule has 1 aliphatic rings. The fraction of sp³-hybridized carbons (Fsp3) is 0.600. The molecule has 1 atom stereocenters. The van der Waals surface area contributed by atoms with E-state index in [-0.39, 0.29) is 5.41 Å². The van der Waals surface area contributed by atoms with E-state index in [1.165, 1.54) is 0 Å². The molecule has 0 N–H and O–H groups in total. The van der Waals surface area contributed by atoms with Crippen LogP contribution in [0.15, 0.2) is 29.2 Å². The molecule has 1 aromatic carbocycles. The monoisotopic (exact) mass is 266 g/mol. The fourth-order valence-electron chi connectivity index (χ4n) is 2.95. The molecule has 0 amide bonds. The zero-order chi connectivity index (χ0) is 13.6. The van der Waals surface area contributed by atoms with Crippen LogP contribution in [0.2, 0.25) is 0 Å². The molecule has 0 aromatic heterocycles. The van der Waals surface area contributed by atoms with Crippen LogP contribution in [0.1, 0.15) is 45.6 Å². The summed E-state index contributed by atoms with van der Waals surface area (Å²) in [6, 6.07) is 7.23. The van der Waals surface area contributed by atoms with Gasteiger partial charge in [-0.1, -0.05) is 38.0 Å². The van der Waals surface area contributed by atoms with Crippen molar-refractivity contribution >= 4 is 9.84 Å². The summed E-state index contributed by atoms with van der Waals surface area (Å²) in [6.45, 7) is 8.03. The van der Waals surface area contributed by atoms with E-state index in [1.54, 1.807) is 12.1 Å². The Kier molecular flexibility index (Phi) is 3.09. The molecule has 0 aliphatic heterocycles. The van der Waals surface area contributed by atoms with Gasteiger partial charge >= 0.3 is 0 Å². The van der Waals surface area contributed by atoms with Gasteiger partial charge in [0.1, 0.15) is 0 Å². The van der Waals surface area contributed by atoms with E-state index in [0.717, 1.165) is 24.8 Å². The molecule has 0 heterocycles. The summed E-state index contributed by atoms with van der Waals surface area (Å²) in [5, 5.41) is 0. The zero-order valence-corrected chi connectivity index (χ0v) is 12.5. The molecule has 2 rings (SSSR count). The minimum Gasteiger partial charge on any atom is -0.223 e. The number of sulfone groups is 1. The Morgan fingerprint density at radius 2 is 1.56 bits per heavy atom. The Balaban J connectivity index is 2.52. The first-order chi connectivity index (χ1) is 8.21. The second-order valence-corrected chi connectivity index (χ2v) is 8.66. The number of benzene rings is 1. The summed E-state index contributed by atoms with van der Waals surface area (Å²) in [7, 11) is -3.26. The van der Waals surface area contributed by atoms with E-state index in [2.05, 4.69) is 13.8 Å². The fourth-order valence-corrected chi connectivity index (χ4v) is 5.20. The first-order valence-corrected chi connectivity index (χ1v) is 8.00. The van der Waals surface area contributed by atoms with Crippen molar-refractivity contribution in [1.29, 1.82) is 0 Å². The van der Waals surface area contributed by atoms with Gasteiger partial charge in [0.05, 0.1) is 9.64 Å². The molecule has 1 unspecified atom stereocenters. The van der Waals surface area contributed by atoms with Gasteiger partial charge in [0.25, 0.3) is 0 Å². The van der Waals surface area contributed by atoms with Crippen molar-refractivity contribution in [3.63, 3.8) is 0 Å². The van der Waals surface area contributed by atoms with Gasteiger partial charge in [-0.25, -0.2) is 8.42 Å². The van der Waals surface area contributed by atoms with Gasteiger partial charge in [0.15, 0.2) is 9.84 Å². The van der Waals surface area contributed by atoms with E-state index >= 15 is 0 Å². The molecule has 0 saturated heterocycles. The molecule has 0 radical (unpaired) electrons. The quantitative estimate of drug-likeness (QED) is 0.817. The molecule has 1 aromatic rings. The lowest BCUT2D eigenvalue weighted by Crippen LogP contribution is -2.44. The molecule has 0 bridgehead atoms. The van der Waals surface area contributed by atoms with Crippen molar-refractivity contribution in [2.75, 3.05) is 0 Å². The zero-order valence-electron chi connectivity index (χ0n) is 11.7. The molecule has 1 fully saturated rings. The van der Waals surface area contributed by atoms with Crippen molar-refractivity contribution in [2.45, 2.75) is 56.6 Å². The average Bonchev–Trinajstić information content (AvgIpc) is 2.55. The summed E-state index contributed by atoms with van der Waals surface area (Å²) >= 11 is 0. The number of hydrogen-bond acceptors (Lipinski definition) is 2. The Hall–Kier alpha value is -0.830. The van der Waals surface area contributed by atoms with E-state index in [9.17, 15) is 8.42 Å². The third-order valence-corrected chi connectivity index (χ3v) is 7.65. The summed E-state index contributed by atoms with van der Waals surface area (Å²) in [5.41, 5.74) is 0.932. The summed E-state index contributed by atoms with van der Waals surface area (Å²) < 4.78 is 25.1. The second kappa shape index (κ2) is 4.09. The Labute approximate surface area is 110 Å². The average molecular weight is 266 g/mol. The van der Waals surface area contributed by atoms with Crippen molar-refractivity contribution in [1.82, 2.24) is 0 Å². The first kappa shape index (κ1) is 13.6. The van der Waals surface area contributed by atoms with Gasteiger partial charge in [0, 0.05) is 0 Å². The van der Waals surface area contributed by atoms with Crippen LogP contribution >= 0.6 is 0 Å². The van der Waals surface area contributed by atoms with Gasteiger partial charge in [-0.15, -0.1) is 0 Å². The molecule has 0 spiro atoms. The molecule has 100 valence electrons. The van der Waals surface area contributed by atoms with Gasteiger partial charge in [0.2, 0.25) is 0 Å². The number of rotatable bonds is 2. The third-order valence-electron chi connectivity index (χ3n) is 4.81. The molecule has 1 aliphatic carbocycles. The Bertz CT molecular complexity index is 540. The van der Waals surface area contributed by atoms with Crippen LogP contribution in [-0.2, 0) is 9.84 Å². The molecule has 2 nitrogen and oxygen atoms in total. The van der Waals surface area contributed by atoms with Crippen LogP contribution in [0, 0.1) is 12.3 Å². The van der Waals surface area contributed by atoms with Crippen molar-refractivity contribution in [3.8, 4) is 0 Å². The number of aryl methyl sites for hydroxylation is 1. The predicted molar refractivity (Wildman–Crippen MR) is 74.4 cm³/mol. The molecular weight excluding hydrogens is 244 g/mol. The maximum atomic E-state index is 12.9. The van der Waals surface area contributed by atoms with Gasteiger partial charge < -0.3 is 0 Å². The highest BCUT2D eigenvalue weighted by Gasteiger charge is 2.54. The maximum Gasteiger partial charge on any atom is 0.184 e. The highest BCUT2D eigenvalue weighted by Crippen LogP contribution is 2.52. The largest absolute Gasteiger partial charge is 0.223 e. The first-order valence-electron chi connectivity index (χ1n) is 6.52. The summed E-state index contributed by atoms with van der Waals surface area (Å²) in [4.78, 5) is 0.463. The molecule has 3 heteroatoms. The highest BCUT2D eigenvalue weighted by atomic mass is 32.2. The van der Waals surface area contributed by atoms with Crippen molar-refractivity contribution < 1.29 is 8.42 Å². The van der Waals surface area contributed by atoms with E-state index in [0.29, 0.717) is 4.90 Å². The highest BCUT2D eigenvalue weighted by molar-refractivity contribution is 7.92. The lowest BCUT2D eigenvalue weighted by atomic mass is 9.82. The van der Waals surface area contributed by atoms with Crippen LogP contribution in [-0.4, -0.2) is 13.2 Å². The Morgan fingerprint density at radius 1 is 1.00 bits per heavy atom. The maximum absolute atomic E-state index is 12.9. The summed E-state index contributed by atoms with van der Waals surface area (Å²) in [6.07, 6.45) is 2.74. The standard InChI is InChI=1S/C15H22O2S/c1-12-6-8-13(9-7-12)18(16,17)15(4)11-5-10-14(15,2)3/h6-9H,5,10-11H2,1-4H3. The number of hydrogen-bond donors (Lipinski definition) is 0. The van der Waals surface area contributed by atoms with Crippen LogP contribution in [0.3, 0.4) is 0 Å². The summed E-state index contributed by atoms with van der Waals surface area (Å²) in [5.74, 6) is 0. The van der Waals surface area contributed by atoms with Crippen molar-refractivity contribution in [3.05, 3.63) is 29.8 Å². The van der Waals surface area contributed by atoms with Crippen LogP contribution in [0.4, 0.5) is 0 Å². The minimum absolute atomic E-state index is 0.156. The SMILES string of the molecule is Cc1ccc(S(=O)(=O)C2(C)CCCC2(C)C)cc1. The van der Waals surface area contributed by atoms with Gasteiger partial charge in [-0.3, -0.25) is 0 Å².